The number of piperazine rings is 1. The Morgan fingerprint density at radius 3 is 2.45 bits per heavy atom. The van der Waals surface area contributed by atoms with E-state index < -0.39 is 17.7 Å². The zero-order valence-electron chi connectivity index (χ0n) is 14.0. The third kappa shape index (κ3) is 5.29. The Morgan fingerprint density at radius 1 is 1.27 bits per heavy atom. The van der Waals surface area contributed by atoms with Crippen molar-refractivity contribution in [2.24, 2.45) is 0 Å². The number of carbonyl (C=O) groups excluding carboxylic acids is 3. The summed E-state index contributed by atoms with van der Waals surface area (Å²) in [6, 6.07) is -0.582. The number of methoxy groups -OCH3 is 1. The summed E-state index contributed by atoms with van der Waals surface area (Å²) >= 11 is 0. The van der Waals surface area contributed by atoms with Crippen LogP contribution < -0.4 is 0 Å². The third-order valence-corrected chi connectivity index (χ3v) is 3.34. The smallest absolute Gasteiger partial charge is 0.411 e. The van der Waals surface area contributed by atoms with Crippen molar-refractivity contribution in [3.05, 3.63) is 0 Å². The predicted octanol–water partition coefficient (Wildman–Crippen LogP) is 1.06. The molecule has 1 aliphatic heterocycles. The number of Topliss-reactive ketones (excluding diaryl/α,β-unsaturated/α-hetero) is 1. The van der Waals surface area contributed by atoms with E-state index in [0.29, 0.717) is 19.6 Å². The van der Waals surface area contributed by atoms with Crippen LogP contribution in [-0.4, -0.2) is 72.6 Å². The van der Waals surface area contributed by atoms with Gasteiger partial charge in [0, 0.05) is 33.2 Å². The number of ether oxygens (including phenoxy) is 2. The summed E-state index contributed by atoms with van der Waals surface area (Å²) in [5.41, 5.74) is -0.594. The molecule has 22 heavy (non-hydrogen) atoms. The quantitative estimate of drug-likeness (QED) is 0.758. The van der Waals surface area contributed by atoms with Crippen molar-refractivity contribution in [3.8, 4) is 0 Å². The van der Waals surface area contributed by atoms with Crippen LogP contribution in [0.25, 0.3) is 0 Å². The number of rotatable bonds is 5. The van der Waals surface area contributed by atoms with Crippen molar-refractivity contribution < 1.29 is 23.9 Å². The highest BCUT2D eigenvalue weighted by molar-refractivity contribution is 5.87. The van der Waals surface area contributed by atoms with E-state index in [1.807, 2.05) is 0 Å². The highest BCUT2D eigenvalue weighted by atomic mass is 16.6. The first-order valence-corrected chi connectivity index (χ1v) is 7.44. The minimum absolute atomic E-state index is 0.0440. The largest absolute Gasteiger partial charge is 0.444 e. The van der Waals surface area contributed by atoms with E-state index >= 15 is 0 Å². The molecule has 0 N–H and O–H groups in total. The topological polar surface area (TPSA) is 76.2 Å². The molecule has 0 radical (unpaired) electrons. The van der Waals surface area contributed by atoms with Crippen LogP contribution in [0.2, 0.25) is 0 Å². The molecule has 0 aromatic rings. The first kappa shape index (κ1) is 18.4. The van der Waals surface area contributed by atoms with Crippen LogP contribution in [-0.2, 0) is 19.1 Å². The molecule has 1 fully saturated rings. The van der Waals surface area contributed by atoms with E-state index in [0.717, 1.165) is 0 Å². The van der Waals surface area contributed by atoms with Gasteiger partial charge in [-0.2, -0.15) is 0 Å². The highest BCUT2D eigenvalue weighted by Gasteiger charge is 2.36. The Balaban J connectivity index is 2.56. The van der Waals surface area contributed by atoms with Crippen molar-refractivity contribution in [1.82, 2.24) is 9.80 Å². The number of hydrogen-bond acceptors (Lipinski definition) is 5. The molecule has 1 rings (SSSR count). The minimum atomic E-state index is -0.594. The van der Waals surface area contributed by atoms with Gasteiger partial charge in [-0.1, -0.05) is 0 Å². The van der Waals surface area contributed by atoms with Crippen LogP contribution >= 0.6 is 0 Å². The SMILES string of the molecule is COCC(=O)CCN1CCN(C(=O)OC(C)(C)C)[C@H](C)C1=O. The number of ketones is 1. The fraction of sp³-hybridized carbons (Fsp3) is 0.800. The van der Waals surface area contributed by atoms with Crippen molar-refractivity contribution in [2.45, 2.75) is 45.8 Å². The molecule has 2 amide bonds. The normalized spacial score (nSPS) is 19.3. The molecular formula is C15H26N2O5. The molecule has 7 nitrogen and oxygen atoms in total. The summed E-state index contributed by atoms with van der Waals surface area (Å²) in [6.45, 7) is 8.26. The van der Waals surface area contributed by atoms with Crippen molar-refractivity contribution in [1.29, 1.82) is 0 Å². The average molecular weight is 314 g/mol. The molecule has 126 valence electrons. The second-order valence-electron chi connectivity index (χ2n) is 6.40. The van der Waals surface area contributed by atoms with E-state index in [4.69, 9.17) is 9.47 Å². The summed E-state index contributed by atoms with van der Waals surface area (Å²) in [6.07, 6.45) is -0.220. The molecule has 0 bridgehead atoms. The molecular weight excluding hydrogens is 288 g/mol. The van der Waals surface area contributed by atoms with Gasteiger partial charge < -0.3 is 14.4 Å². The van der Waals surface area contributed by atoms with Crippen LogP contribution in [0.4, 0.5) is 4.79 Å². The molecule has 0 saturated carbocycles. The van der Waals surface area contributed by atoms with E-state index in [1.165, 1.54) is 12.0 Å². The maximum Gasteiger partial charge on any atom is 0.411 e. The predicted molar refractivity (Wildman–Crippen MR) is 80.5 cm³/mol. The molecule has 0 spiro atoms. The van der Waals surface area contributed by atoms with E-state index in [1.54, 1.807) is 32.6 Å². The molecule has 0 unspecified atom stereocenters. The highest BCUT2D eigenvalue weighted by Crippen LogP contribution is 2.16. The molecule has 0 aliphatic carbocycles. The van der Waals surface area contributed by atoms with Gasteiger partial charge in [0.1, 0.15) is 18.2 Å². The molecule has 0 aromatic heterocycles. The molecule has 1 saturated heterocycles. The van der Waals surface area contributed by atoms with Crippen molar-refractivity contribution in [2.75, 3.05) is 33.4 Å². The maximum atomic E-state index is 12.3. The summed E-state index contributed by atoms with van der Waals surface area (Å²) in [7, 11) is 1.46. The maximum absolute atomic E-state index is 12.3. The van der Waals surface area contributed by atoms with Crippen LogP contribution in [0.1, 0.15) is 34.1 Å². The molecule has 1 heterocycles. The van der Waals surface area contributed by atoms with E-state index in [9.17, 15) is 14.4 Å². The van der Waals surface area contributed by atoms with Gasteiger partial charge in [-0.15, -0.1) is 0 Å². The van der Waals surface area contributed by atoms with Crippen LogP contribution in [0, 0.1) is 0 Å². The van der Waals surface area contributed by atoms with Gasteiger partial charge in [0.05, 0.1) is 0 Å². The van der Waals surface area contributed by atoms with E-state index in [2.05, 4.69) is 0 Å². The Labute approximate surface area is 131 Å². The first-order valence-electron chi connectivity index (χ1n) is 7.44. The minimum Gasteiger partial charge on any atom is -0.444 e. The molecule has 0 aromatic carbocycles. The van der Waals surface area contributed by atoms with Gasteiger partial charge in [-0.05, 0) is 27.7 Å². The Kier molecular flexibility index (Phi) is 6.34. The molecule has 1 atom stereocenters. The summed E-state index contributed by atoms with van der Waals surface area (Å²) < 4.78 is 10.1. The lowest BCUT2D eigenvalue weighted by atomic mass is 10.1. The lowest BCUT2D eigenvalue weighted by Crippen LogP contribution is -2.58. The Bertz CT molecular complexity index is 430. The zero-order valence-corrected chi connectivity index (χ0v) is 14.0. The Hall–Kier alpha value is -1.63. The summed E-state index contributed by atoms with van der Waals surface area (Å²) in [4.78, 5) is 38.9. The van der Waals surface area contributed by atoms with Gasteiger partial charge in [0.15, 0.2) is 5.78 Å². The fourth-order valence-corrected chi connectivity index (χ4v) is 2.21. The van der Waals surface area contributed by atoms with Crippen LogP contribution in [0.5, 0.6) is 0 Å². The molecule has 1 aliphatic rings. The number of amides is 2. The van der Waals surface area contributed by atoms with Gasteiger partial charge in [0.2, 0.25) is 5.91 Å². The second-order valence-corrected chi connectivity index (χ2v) is 6.40. The Morgan fingerprint density at radius 2 is 1.91 bits per heavy atom. The van der Waals surface area contributed by atoms with Crippen molar-refractivity contribution >= 4 is 17.8 Å². The average Bonchev–Trinajstić information content (AvgIpc) is 2.38. The summed E-state index contributed by atoms with van der Waals surface area (Å²) in [5.74, 6) is -0.208. The second kappa shape index (κ2) is 7.58. The third-order valence-electron chi connectivity index (χ3n) is 3.34. The standard InChI is InChI=1S/C15H26N2O5/c1-11-13(19)16(7-6-12(18)10-21-5)8-9-17(11)14(20)22-15(2,3)4/h11H,6-10H2,1-5H3/t11-/m1/s1. The van der Waals surface area contributed by atoms with Gasteiger partial charge >= 0.3 is 6.09 Å². The van der Waals surface area contributed by atoms with Crippen molar-refractivity contribution in [3.63, 3.8) is 0 Å². The lowest BCUT2D eigenvalue weighted by molar-refractivity contribution is -0.141. The van der Waals surface area contributed by atoms with E-state index in [-0.39, 0.29) is 24.7 Å². The number of hydrogen-bond donors (Lipinski definition) is 0. The lowest BCUT2D eigenvalue weighted by Gasteiger charge is -2.39. The first-order chi connectivity index (χ1) is 10.2. The van der Waals surface area contributed by atoms with Gasteiger partial charge in [-0.25, -0.2) is 4.79 Å². The monoisotopic (exact) mass is 314 g/mol. The fourth-order valence-electron chi connectivity index (χ4n) is 2.21. The van der Waals surface area contributed by atoms with Gasteiger partial charge in [0.25, 0.3) is 0 Å². The van der Waals surface area contributed by atoms with Crippen LogP contribution in [0.15, 0.2) is 0 Å². The molecule has 7 heteroatoms. The number of nitrogens with zero attached hydrogens (tertiary/aromatic N) is 2. The van der Waals surface area contributed by atoms with Crippen LogP contribution in [0.3, 0.4) is 0 Å². The zero-order chi connectivity index (χ0) is 16.9. The van der Waals surface area contributed by atoms with Gasteiger partial charge in [-0.3, -0.25) is 14.5 Å². The number of carbonyl (C=O) groups is 3. The summed E-state index contributed by atoms with van der Waals surface area (Å²) in [5, 5.41) is 0.